The zero-order chi connectivity index (χ0) is 14.2. The van der Waals surface area contributed by atoms with Crippen LogP contribution in [0.5, 0.6) is 0 Å². The van der Waals surface area contributed by atoms with E-state index in [0.717, 1.165) is 12.2 Å². The van der Waals surface area contributed by atoms with Crippen LogP contribution in [-0.2, 0) is 6.42 Å². The second-order valence-corrected chi connectivity index (χ2v) is 11.4. The molecule has 0 bridgehead atoms. The molecule has 0 aliphatic rings. The SMILES string of the molecule is C[Si](C)(C)c1ccoc1Cc1cccc2ccccc12. The fourth-order valence-corrected chi connectivity index (χ4v) is 4.32. The van der Waals surface area contributed by atoms with Gasteiger partial charge in [-0.2, -0.15) is 0 Å². The van der Waals surface area contributed by atoms with E-state index in [-0.39, 0.29) is 0 Å². The molecule has 20 heavy (non-hydrogen) atoms. The van der Waals surface area contributed by atoms with Gasteiger partial charge in [0.25, 0.3) is 0 Å². The highest BCUT2D eigenvalue weighted by Gasteiger charge is 2.22. The predicted octanol–water partition coefficient (Wildman–Crippen LogP) is 4.57. The maximum Gasteiger partial charge on any atom is 0.107 e. The molecule has 0 spiro atoms. The zero-order valence-corrected chi connectivity index (χ0v) is 13.3. The van der Waals surface area contributed by atoms with Crippen LogP contribution in [0.25, 0.3) is 10.8 Å². The fourth-order valence-electron chi connectivity index (χ4n) is 2.77. The topological polar surface area (TPSA) is 13.1 Å². The van der Waals surface area contributed by atoms with Gasteiger partial charge in [-0.15, -0.1) is 0 Å². The Hall–Kier alpha value is -1.80. The minimum absolute atomic E-state index is 0.883. The molecule has 1 aromatic heterocycles. The van der Waals surface area contributed by atoms with Crippen LogP contribution in [-0.4, -0.2) is 8.07 Å². The molecule has 0 fully saturated rings. The van der Waals surface area contributed by atoms with Gasteiger partial charge in [0.15, 0.2) is 0 Å². The van der Waals surface area contributed by atoms with Crippen molar-refractivity contribution in [2.45, 2.75) is 26.1 Å². The van der Waals surface area contributed by atoms with Crippen LogP contribution in [0.15, 0.2) is 59.2 Å². The third-order valence-corrected chi connectivity index (χ3v) is 5.85. The summed E-state index contributed by atoms with van der Waals surface area (Å²) in [6.45, 7) is 7.10. The van der Waals surface area contributed by atoms with Gasteiger partial charge in [0.05, 0.1) is 14.3 Å². The molecule has 2 aromatic carbocycles. The summed E-state index contributed by atoms with van der Waals surface area (Å²) < 4.78 is 5.78. The second-order valence-electron chi connectivity index (χ2n) is 6.32. The van der Waals surface area contributed by atoms with Crippen LogP contribution in [0.1, 0.15) is 11.3 Å². The number of furan rings is 1. The van der Waals surface area contributed by atoms with E-state index in [2.05, 4.69) is 68.2 Å². The van der Waals surface area contributed by atoms with E-state index in [9.17, 15) is 0 Å². The number of fused-ring (bicyclic) bond motifs is 1. The minimum atomic E-state index is -1.34. The average molecular weight is 280 g/mol. The molecule has 0 atom stereocenters. The number of hydrogen-bond donors (Lipinski definition) is 0. The molecule has 0 aliphatic carbocycles. The molecule has 102 valence electrons. The van der Waals surface area contributed by atoms with E-state index in [1.54, 1.807) is 0 Å². The summed E-state index contributed by atoms with van der Waals surface area (Å²) in [7, 11) is -1.34. The van der Waals surface area contributed by atoms with Crippen molar-refractivity contribution in [2.75, 3.05) is 0 Å². The van der Waals surface area contributed by atoms with E-state index in [1.807, 2.05) is 6.26 Å². The van der Waals surface area contributed by atoms with Crippen molar-refractivity contribution in [3.05, 3.63) is 66.1 Å². The van der Waals surface area contributed by atoms with E-state index >= 15 is 0 Å². The molecule has 0 radical (unpaired) electrons. The first-order valence-electron chi connectivity index (χ1n) is 7.09. The molecule has 0 saturated carbocycles. The minimum Gasteiger partial charge on any atom is -0.469 e. The first-order valence-corrected chi connectivity index (χ1v) is 10.6. The van der Waals surface area contributed by atoms with Gasteiger partial charge in [-0.1, -0.05) is 62.1 Å². The lowest BCUT2D eigenvalue weighted by atomic mass is 10.0. The van der Waals surface area contributed by atoms with Gasteiger partial charge in [-0.3, -0.25) is 0 Å². The van der Waals surface area contributed by atoms with Gasteiger partial charge in [0, 0.05) is 6.42 Å². The van der Waals surface area contributed by atoms with Gasteiger partial charge >= 0.3 is 0 Å². The Kier molecular flexibility index (Phi) is 3.26. The Balaban J connectivity index is 2.05. The van der Waals surface area contributed by atoms with Crippen molar-refractivity contribution < 1.29 is 4.42 Å². The van der Waals surface area contributed by atoms with E-state index < -0.39 is 8.07 Å². The van der Waals surface area contributed by atoms with Crippen LogP contribution in [0.2, 0.25) is 19.6 Å². The van der Waals surface area contributed by atoms with Gasteiger partial charge in [-0.25, -0.2) is 0 Å². The van der Waals surface area contributed by atoms with Crippen molar-refractivity contribution in [1.29, 1.82) is 0 Å². The summed E-state index contributed by atoms with van der Waals surface area (Å²) in [5.74, 6) is 1.14. The highest BCUT2D eigenvalue weighted by atomic mass is 28.3. The molecular weight excluding hydrogens is 260 g/mol. The number of rotatable bonds is 3. The lowest BCUT2D eigenvalue weighted by Crippen LogP contribution is -2.38. The summed E-state index contributed by atoms with van der Waals surface area (Å²) in [5.41, 5.74) is 1.34. The predicted molar refractivity (Wildman–Crippen MR) is 88.4 cm³/mol. The second kappa shape index (κ2) is 4.95. The molecule has 0 N–H and O–H groups in total. The highest BCUT2D eigenvalue weighted by molar-refractivity contribution is 6.89. The van der Waals surface area contributed by atoms with Crippen LogP contribution in [0.3, 0.4) is 0 Å². The normalized spacial score (nSPS) is 11.9. The van der Waals surface area contributed by atoms with E-state index in [1.165, 1.54) is 21.5 Å². The van der Waals surface area contributed by atoms with Crippen LogP contribution in [0, 0.1) is 0 Å². The van der Waals surface area contributed by atoms with Crippen molar-refractivity contribution >= 4 is 24.0 Å². The first kappa shape index (κ1) is 13.2. The van der Waals surface area contributed by atoms with Gasteiger partial charge in [0.1, 0.15) is 5.76 Å². The third-order valence-electron chi connectivity index (χ3n) is 3.78. The summed E-state index contributed by atoms with van der Waals surface area (Å²) in [5, 5.41) is 4.06. The molecule has 0 aliphatic heterocycles. The van der Waals surface area contributed by atoms with Crippen molar-refractivity contribution in [1.82, 2.24) is 0 Å². The summed E-state index contributed by atoms with van der Waals surface area (Å²) in [6.07, 6.45) is 2.72. The molecular formula is C18H20OSi. The quantitative estimate of drug-likeness (QED) is 0.641. The maximum atomic E-state index is 5.78. The van der Waals surface area contributed by atoms with Gasteiger partial charge < -0.3 is 4.42 Å². The number of hydrogen-bond acceptors (Lipinski definition) is 1. The summed E-state index contributed by atoms with van der Waals surface area (Å²) >= 11 is 0. The van der Waals surface area contributed by atoms with Crippen LogP contribution in [0.4, 0.5) is 0 Å². The Bertz CT molecular complexity index is 729. The van der Waals surface area contributed by atoms with Crippen LogP contribution < -0.4 is 5.19 Å². The molecule has 0 saturated heterocycles. The van der Waals surface area contributed by atoms with Crippen LogP contribution >= 0.6 is 0 Å². The standard InChI is InChI=1S/C18H20OSi/c1-20(2,3)18-11-12-19-17(18)13-15-9-6-8-14-7-4-5-10-16(14)15/h4-12H,13H2,1-3H3. The molecule has 1 heterocycles. The lowest BCUT2D eigenvalue weighted by Gasteiger charge is -2.16. The Morgan fingerprint density at radius 1 is 0.900 bits per heavy atom. The Morgan fingerprint density at radius 2 is 1.65 bits per heavy atom. The molecule has 3 aromatic rings. The monoisotopic (exact) mass is 280 g/mol. The number of benzene rings is 2. The van der Waals surface area contributed by atoms with Gasteiger partial charge in [0.2, 0.25) is 0 Å². The average Bonchev–Trinajstić information content (AvgIpc) is 2.87. The zero-order valence-electron chi connectivity index (χ0n) is 12.3. The van der Waals surface area contributed by atoms with Crippen molar-refractivity contribution in [3.63, 3.8) is 0 Å². The first-order chi connectivity index (χ1) is 9.55. The Morgan fingerprint density at radius 3 is 2.45 bits per heavy atom. The molecule has 0 amide bonds. The van der Waals surface area contributed by atoms with E-state index in [0.29, 0.717) is 0 Å². The van der Waals surface area contributed by atoms with Crippen molar-refractivity contribution in [2.24, 2.45) is 0 Å². The summed E-state index contributed by atoms with van der Waals surface area (Å²) in [4.78, 5) is 0. The largest absolute Gasteiger partial charge is 0.469 e. The maximum absolute atomic E-state index is 5.78. The Labute approximate surface area is 121 Å². The molecule has 2 heteroatoms. The molecule has 3 rings (SSSR count). The third kappa shape index (κ3) is 2.43. The lowest BCUT2D eigenvalue weighted by molar-refractivity contribution is 0.523. The fraction of sp³-hybridized carbons (Fsp3) is 0.222. The molecule has 1 nitrogen and oxygen atoms in total. The smallest absolute Gasteiger partial charge is 0.107 e. The summed E-state index contributed by atoms with van der Waals surface area (Å²) in [6, 6.07) is 17.2. The molecule has 0 unspecified atom stereocenters. The van der Waals surface area contributed by atoms with Gasteiger partial charge in [-0.05, 0) is 27.6 Å². The van der Waals surface area contributed by atoms with Crippen molar-refractivity contribution in [3.8, 4) is 0 Å². The van der Waals surface area contributed by atoms with E-state index in [4.69, 9.17) is 4.42 Å². The highest BCUT2D eigenvalue weighted by Crippen LogP contribution is 2.22.